The van der Waals surface area contributed by atoms with Crippen molar-refractivity contribution in [3.05, 3.63) is 36.5 Å². The van der Waals surface area contributed by atoms with Gasteiger partial charge in [0.15, 0.2) is 6.10 Å². The first kappa shape index (κ1) is 77.6. The fourth-order valence-electron chi connectivity index (χ4n) is 10.9. The summed E-state index contributed by atoms with van der Waals surface area (Å²) in [6.45, 7) is 6.68. The predicted octanol–water partition coefficient (Wildman–Crippen LogP) is 24.7. The molecule has 0 spiro atoms. The van der Waals surface area contributed by atoms with Crippen molar-refractivity contribution in [2.75, 3.05) is 13.2 Å². The maximum atomic E-state index is 12.9. The lowest BCUT2D eigenvalue weighted by atomic mass is 10.0. The molecule has 80 heavy (non-hydrogen) atoms. The van der Waals surface area contributed by atoms with Crippen molar-refractivity contribution in [2.24, 2.45) is 0 Å². The van der Waals surface area contributed by atoms with E-state index in [1.807, 2.05) is 0 Å². The maximum Gasteiger partial charge on any atom is 0.306 e. The third-order valence-electron chi connectivity index (χ3n) is 16.4. The SMILES string of the molecule is CCCCCC/C=C\C/C=C\CCCCCCCC(=O)OC(COC(=O)CCCCCCCCCCCCCCCCC)COC(=O)CCCCCCCCCCCCCCCCCCCCC/C=C\CCCCCCCCCC. The second-order valence-corrected chi connectivity index (χ2v) is 24.5. The number of carbonyl (C=O) groups excluding carboxylic acids is 3. The molecule has 0 aliphatic heterocycles. The van der Waals surface area contributed by atoms with Crippen LogP contribution in [0.4, 0.5) is 0 Å². The Kier molecular flexibility index (Phi) is 67.1. The Bertz CT molecular complexity index is 1340. The Morgan fingerprint density at radius 3 is 0.713 bits per heavy atom. The summed E-state index contributed by atoms with van der Waals surface area (Å²) in [4.78, 5) is 38.4. The van der Waals surface area contributed by atoms with Crippen LogP contribution in [0.2, 0.25) is 0 Å². The lowest BCUT2D eigenvalue weighted by Crippen LogP contribution is -2.30. The smallest absolute Gasteiger partial charge is 0.306 e. The van der Waals surface area contributed by atoms with Crippen molar-refractivity contribution < 1.29 is 28.6 Å². The van der Waals surface area contributed by atoms with E-state index < -0.39 is 6.10 Å². The van der Waals surface area contributed by atoms with Crippen LogP contribution in [0.15, 0.2) is 36.5 Å². The van der Waals surface area contributed by atoms with E-state index in [1.165, 1.54) is 283 Å². The zero-order chi connectivity index (χ0) is 57.8. The van der Waals surface area contributed by atoms with E-state index in [0.29, 0.717) is 19.3 Å². The molecular weight excluding hydrogens is 985 g/mol. The van der Waals surface area contributed by atoms with Gasteiger partial charge in [0.25, 0.3) is 0 Å². The van der Waals surface area contributed by atoms with E-state index in [2.05, 4.69) is 57.2 Å². The molecule has 6 heteroatoms. The van der Waals surface area contributed by atoms with Crippen LogP contribution in [0.5, 0.6) is 0 Å². The van der Waals surface area contributed by atoms with Crippen LogP contribution in [-0.4, -0.2) is 37.2 Å². The van der Waals surface area contributed by atoms with Gasteiger partial charge in [-0.25, -0.2) is 0 Å². The van der Waals surface area contributed by atoms with Gasteiger partial charge in [0.1, 0.15) is 13.2 Å². The largest absolute Gasteiger partial charge is 0.462 e. The molecule has 0 aromatic carbocycles. The Morgan fingerprint density at radius 2 is 0.450 bits per heavy atom. The van der Waals surface area contributed by atoms with Crippen LogP contribution in [0, 0.1) is 0 Å². The monoisotopic (exact) mass is 1120 g/mol. The maximum absolute atomic E-state index is 12.9. The molecule has 0 saturated heterocycles. The number of hydrogen-bond donors (Lipinski definition) is 0. The second kappa shape index (κ2) is 69.1. The first-order valence-electron chi connectivity index (χ1n) is 36.0. The van der Waals surface area contributed by atoms with E-state index in [-0.39, 0.29) is 31.1 Å². The lowest BCUT2D eigenvalue weighted by molar-refractivity contribution is -0.167. The molecule has 0 amide bonds. The summed E-state index contributed by atoms with van der Waals surface area (Å²) in [5.41, 5.74) is 0. The van der Waals surface area contributed by atoms with Gasteiger partial charge >= 0.3 is 17.9 Å². The zero-order valence-electron chi connectivity index (χ0n) is 54.1. The minimum atomic E-state index is -0.777. The number of carbonyl (C=O) groups is 3. The molecule has 0 aromatic heterocycles. The van der Waals surface area contributed by atoms with Gasteiger partial charge in [-0.1, -0.05) is 340 Å². The zero-order valence-corrected chi connectivity index (χ0v) is 54.1. The van der Waals surface area contributed by atoms with Crippen LogP contribution < -0.4 is 0 Å². The minimum absolute atomic E-state index is 0.0722. The molecule has 0 aromatic rings. The van der Waals surface area contributed by atoms with Crippen molar-refractivity contribution in [1.29, 1.82) is 0 Å². The predicted molar refractivity (Wildman–Crippen MR) is 349 cm³/mol. The van der Waals surface area contributed by atoms with Crippen molar-refractivity contribution in [1.82, 2.24) is 0 Å². The highest BCUT2D eigenvalue weighted by atomic mass is 16.6. The average molecular weight is 1120 g/mol. The van der Waals surface area contributed by atoms with E-state index in [1.54, 1.807) is 0 Å². The fourth-order valence-corrected chi connectivity index (χ4v) is 10.9. The summed E-state index contributed by atoms with van der Waals surface area (Å²) in [5, 5.41) is 0. The van der Waals surface area contributed by atoms with E-state index in [0.717, 1.165) is 77.0 Å². The molecule has 0 radical (unpaired) electrons. The van der Waals surface area contributed by atoms with Crippen molar-refractivity contribution in [3.8, 4) is 0 Å². The number of unbranched alkanes of at least 4 members (excludes halogenated alkanes) is 50. The van der Waals surface area contributed by atoms with Gasteiger partial charge < -0.3 is 14.2 Å². The normalized spacial score (nSPS) is 12.2. The van der Waals surface area contributed by atoms with Gasteiger partial charge in [-0.15, -0.1) is 0 Å². The van der Waals surface area contributed by atoms with Crippen LogP contribution in [0.25, 0.3) is 0 Å². The van der Waals surface area contributed by atoms with Crippen LogP contribution in [-0.2, 0) is 28.6 Å². The molecular formula is C74H138O6. The molecule has 0 saturated carbocycles. The molecule has 0 heterocycles. The first-order chi connectivity index (χ1) is 39.5. The fraction of sp³-hybridized carbons (Fsp3) is 0.878. The summed E-state index contributed by atoms with van der Waals surface area (Å²) in [6.07, 6.45) is 86.1. The number of ether oxygens (including phenoxy) is 3. The molecule has 0 fully saturated rings. The molecule has 6 nitrogen and oxygen atoms in total. The molecule has 0 bridgehead atoms. The van der Waals surface area contributed by atoms with Gasteiger partial charge in [0, 0.05) is 19.3 Å². The Balaban J connectivity index is 4.16. The van der Waals surface area contributed by atoms with Crippen molar-refractivity contribution in [2.45, 2.75) is 406 Å². The van der Waals surface area contributed by atoms with E-state index in [4.69, 9.17) is 14.2 Å². The highest BCUT2D eigenvalue weighted by Crippen LogP contribution is 2.18. The highest BCUT2D eigenvalue weighted by Gasteiger charge is 2.19. The summed E-state index contributed by atoms with van der Waals surface area (Å²) in [5.74, 6) is -0.857. The van der Waals surface area contributed by atoms with Crippen molar-refractivity contribution >= 4 is 17.9 Å². The quantitative estimate of drug-likeness (QED) is 0.0261. The Hall–Kier alpha value is -2.37. The summed E-state index contributed by atoms with van der Waals surface area (Å²) in [6, 6.07) is 0. The molecule has 1 atom stereocenters. The van der Waals surface area contributed by atoms with Gasteiger partial charge in [0.05, 0.1) is 0 Å². The highest BCUT2D eigenvalue weighted by molar-refractivity contribution is 5.71. The number of allylic oxidation sites excluding steroid dienone is 6. The van der Waals surface area contributed by atoms with E-state index in [9.17, 15) is 14.4 Å². The van der Waals surface area contributed by atoms with Gasteiger partial charge in [-0.05, 0) is 77.0 Å². The number of hydrogen-bond acceptors (Lipinski definition) is 6. The molecule has 470 valence electrons. The summed E-state index contributed by atoms with van der Waals surface area (Å²) in [7, 11) is 0. The van der Waals surface area contributed by atoms with Crippen molar-refractivity contribution in [3.63, 3.8) is 0 Å². The third-order valence-corrected chi connectivity index (χ3v) is 16.4. The summed E-state index contributed by atoms with van der Waals surface area (Å²) < 4.78 is 17.0. The minimum Gasteiger partial charge on any atom is -0.462 e. The third kappa shape index (κ3) is 66.4. The topological polar surface area (TPSA) is 78.9 Å². The molecule has 0 rings (SSSR count). The Morgan fingerprint density at radius 1 is 0.250 bits per heavy atom. The second-order valence-electron chi connectivity index (χ2n) is 24.5. The number of esters is 3. The average Bonchev–Trinajstić information content (AvgIpc) is 3.46. The van der Waals surface area contributed by atoms with Gasteiger partial charge in [0.2, 0.25) is 0 Å². The van der Waals surface area contributed by atoms with Gasteiger partial charge in [-0.3, -0.25) is 14.4 Å². The lowest BCUT2D eigenvalue weighted by Gasteiger charge is -2.18. The molecule has 0 N–H and O–H groups in total. The molecule has 0 aliphatic rings. The first-order valence-corrected chi connectivity index (χ1v) is 36.0. The van der Waals surface area contributed by atoms with Crippen LogP contribution >= 0.6 is 0 Å². The van der Waals surface area contributed by atoms with Gasteiger partial charge in [-0.2, -0.15) is 0 Å². The van der Waals surface area contributed by atoms with Crippen LogP contribution in [0.1, 0.15) is 400 Å². The number of rotatable bonds is 67. The van der Waals surface area contributed by atoms with E-state index >= 15 is 0 Å². The molecule has 0 aliphatic carbocycles. The summed E-state index contributed by atoms with van der Waals surface area (Å²) >= 11 is 0. The van der Waals surface area contributed by atoms with Crippen LogP contribution in [0.3, 0.4) is 0 Å². The Labute approximate surface area is 499 Å². The standard InChI is InChI=1S/C74H138O6/c1-4-7-10-13-16-19-22-25-28-30-31-32-33-34-35-36-37-38-39-40-41-42-43-44-47-49-52-55-58-61-64-67-73(76)79-70-71(69-78-72(75)66-63-60-57-54-51-48-45-27-24-21-18-15-12-9-6-3)80-74(77)68-65-62-59-56-53-50-46-29-26-23-20-17-14-11-8-5-2/h20,23,29-31,46,71H,4-19,21-22,24-28,32-45,47-70H2,1-3H3/b23-20-,31-30-,46-29-. The molecule has 1 unspecified atom stereocenters.